The van der Waals surface area contributed by atoms with E-state index < -0.39 is 0 Å². The van der Waals surface area contributed by atoms with Crippen molar-refractivity contribution in [3.05, 3.63) is 71.8 Å². The van der Waals surface area contributed by atoms with Crippen molar-refractivity contribution in [1.82, 2.24) is 4.90 Å². The summed E-state index contributed by atoms with van der Waals surface area (Å²) in [6.45, 7) is 9.87. The van der Waals surface area contributed by atoms with E-state index in [2.05, 4.69) is 54.5 Å². The number of fused-ring (bicyclic) bond motifs is 1. The van der Waals surface area contributed by atoms with Gasteiger partial charge in [0.1, 0.15) is 0 Å². The fourth-order valence-corrected chi connectivity index (χ4v) is 3.67. The van der Waals surface area contributed by atoms with Gasteiger partial charge in [-0.05, 0) is 29.7 Å². The molecule has 0 atom stereocenters. The smallest absolute Gasteiger partial charge is 0.0525 e. The summed E-state index contributed by atoms with van der Waals surface area (Å²) in [6, 6.07) is 13.0. The van der Waals surface area contributed by atoms with Crippen molar-refractivity contribution in [3.8, 4) is 10.4 Å². The first-order valence-corrected chi connectivity index (χ1v) is 7.33. The molecule has 0 aliphatic carbocycles. The van der Waals surface area contributed by atoms with Gasteiger partial charge in [0.15, 0.2) is 0 Å². The summed E-state index contributed by atoms with van der Waals surface area (Å²) in [5.41, 5.74) is 3.84. The number of hydrogen-bond acceptors (Lipinski definition) is 2. The third-order valence-corrected chi connectivity index (χ3v) is 4.79. The van der Waals surface area contributed by atoms with Crippen LogP contribution in [0.2, 0.25) is 0 Å². The zero-order valence-corrected chi connectivity index (χ0v) is 11.7. The van der Waals surface area contributed by atoms with Crippen LogP contribution in [0.15, 0.2) is 61.3 Å². The highest BCUT2D eigenvalue weighted by molar-refractivity contribution is 7.15. The SMILES string of the molecule is C=CC(=C)N1CCc2cc(-c3ccccc3)sc2C1. The standard InChI is InChI=1S/C17H17NS/c1-3-13(2)18-10-9-15-11-16(19-17(15)12-18)14-7-5-4-6-8-14/h3-8,11H,1-2,9-10,12H2. The van der Waals surface area contributed by atoms with E-state index in [1.807, 2.05) is 17.4 Å². The van der Waals surface area contributed by atoms with E-state index in [1.165, 1.54) is 20.9 Å². The van der Waals surface area contributed by atoms with Gasteiger partial charge in [-0.25, -0.2) is 0 Å². The number of thiophene rings is 1. The molecule has 1 aliphatic rings. The summed E-state index contributed by atoms with van der Waals surface area (Å²) in [7, 11) is 0. The Morgan fingerprint density at radius 1 is 1.26 bits per heavy atom. The van der Waals surface area contributed by atoms with Crippen LogP contribution in [0.4, 0.5) is 0 Å². The maximum atomic E-state index is 4.05. The molecule has 1 aliphatic heterocycles. The molecule has 0 unspecified atom stereocenters. The molecule has 0 spiro atoms. The van der Waals surface area contributed by atoms with Gasteiger partial charge in [0, 0.05) is 22.0 Å². The second kappa shape index (κ2) is 5.06. The van der Waals surface area contributed by atoms with E-state index in [4.69, 9.17) is 0 Å². The molecule has 0 bridgehead atoms. The summed E-state index contributed by atoms with van der Waals surface area (Å²) in [5.74, 6) is 0. The molecule has 0 saturated carbocycles. The molecule has 0 fully saturated rings. The van der Waals surface area contributed by atoms with E-state index in [1.54, 1.807) is 0 Å². The van der Waals surface area contributed by atoms with Crippen LogP contribution in [-0.2, 0) is 13.0 Å². The second-order valence-electron chi connectivity index (χ2n) is 4.79. The Morgan fingerprint density at radius 3 is 2.79 bits per heavy atom. The zero-order valence-electron chi connectivity index (χ0n) is 10.9. The highest BCUT2D eigenvalue weighted by atomic mass is 32.1. The predicted octanol–water partition coefficient (Wildman–Crippen LogP) is 4.47. The lowest BCUT2D eigenvalue weighted by molar-refractivity contribution is 0.338. The minimum absolute atomic E-state index is 0.970. The largest absolute Gasteiger partial charge is 0.367 e. The van der Waals surface area contributed by atoms with Crippen LogP contribution in [0.25, 0.3) is 10.4 Å². The van der Waals surface area contributed by atoms with Crippen molar-refractivity contribution in [1.29, 1.82) is 0 Å². The van der Waals surface area contributed by atoms with E-state index >= 15 is 0 Å². The second-order valence-corrected chi connectivity index (χ2v) is 5.93. The molecule has 19 heavy (non-hydrogen) atoms. The molecule has 0 N–H and O–H groups in total. The van der Waals surface area contributed by atoms with Crippen molar-refractivity contribution in [2.24, 2.45) is 0 Å². The first-order chi connectivity index (χ1) is 9.28. The average Bonchev–Trinajstić information content (AvgIpc) is 2.90. The third-order valence-electron chi connectivity index (χ3n) is 3.58. The maximum absolute atomic E-state index is 4.05. The summed E-state index contributed by atoms with van der Waals surface area (Å²) in [4.78, 5) is 5.14. The Hall–Kier alpha value is -1.80. The van der Waals surface area contributed by atoms with E-state index in [0.29, 0.717) is 0 Å². The van der Waals surface area contributed by atoms with Crippen molar-refractivity contribution in [3.63, 3.8) is 0 Å². The third kappa shape index (κ3) is 2.36. The molecule has 0 amide bonds. The molecule has 1 nitrogen and oxygen atoms in total. The topological polar surface area (TPSA) is 3.24 Å². The minimum Gasteiger partial charge on any atom is -0.367 e. The Labute approximate surface area is 118 Å². The van der Waals surface area contributed by atoms with Gasteiger partial charge in [0.05, 0.1) is 6.54 Å². The van der Waals surface area contributed by atoms with E-state index in [-0.39, 0.29) is 0 Å². The molecular weight excluding hydrogens is 250 g/mol. The Bertz CT molecular complexity index is 609. The first-order valence-electron chi connectivity index (χ1n) is 6.51. The lowest BCUT2D eigenvalue weighted by Crippen LogP contribution is -2.27. The van der Waals surface area contributed by atoms with Gasteiger partial charge in [-0.1, -0.05) is 43.5 Å². The molecule has 0 radical (unpaired) electrons. The average molecular weight is 267 g/mol. The van der Waals surface area contributed by atoms with Crippen LogP contribution >= 0.6 is 11.3 Å². The van der Waals surface area contributed by atoms with Gasteiger partial charge in [0.25, 0.3) is 0 Å². The number of allylic oxidation sites excluding steroid dienone is 1. The quantitative estimate of drug-likeness (QED) is 0.741. The molecule has 96 valence electrons. The molecule has 2 heteroatoms. The predicted molar refractivity (Wildman–Crippen MR) is 83.2 cm³/mol. The van der Waals surface area contributed by atoms with Gasteiger partial charge in [-0.3, -0.25) is 0 Å². The van der Waals surface area contributed by atoms with Gasteiger partial charge in [-0.2, -0.15) is 0 Å². The van der Waals surface area contributed by atoms with E-state index in [9.17, 15) is 0 Å². The first kappa shape index (κ1) is 12.2. The summed E-state index contributed by atoms with van der Waals surface area (Å²) in [6.07, 6.45) is 2.95. The van der Waals surface area contributed by atoms with Crippen LogP contribution in [0.1, 0.15) is 10.4 Å². The summed E-state index contributed by atoms with van der Waals surface area (Å²) < 4.78 is 0. The van der Waals surface area contributed by atoms with Crippen LogP contribution in [-0.4, -0.2) is 11.4 Å². The van der Waals surface area contributed by atoms with Gasteiger partial charge >= 0.3 is 0 Å². The highest BCUT2D eigenvalue weighted by Crippen LogP contribution is 2.35. The van der Waals surface area contributed by atoms with Gasteiger partial charge < -0.3 is 4.90 Å². The normalized spacial score (nSPS) is 14.0. The monoisotopic (exact) mass is 267 g/mol. The van der Waals surface area contributed by atoms with Crippen molar-refractivity contribution >= 4 is 11.3 Å². The van der Waals surface area contributed by atoms with Crippen molar-refractivity contribution in [2.75, 3.05) is 6.54 Å². The Balaban J connectivity index is 1.89. The van der Waals surface area contributed by atoms with Crippen molar-refractivity contribution in [2.45, 2.75) is 13.0 Å². The number of hydrogen-bond donors (Lipinski definition) is 0. The fourth-order valence-electron chi connectivity index (χ4n) is 2.44. The van der Waals surface area contributed by atoms with Crippen LogP contribution in [0.5, 0.6) is 0 Å². The zero-order chi connectivity index (χ0) is 13.2. The molecular formula is C17H17NS. The molecule has 1 aromatic carbocycles. The molecule has 2 aromatic rings. The summed E-state index contributed by atoms with van der Waals surface area (Å²) in [5, 5.41) is 0. The van der Waals surface area contributed by atoms with Crippen LogP contribution in [0.3, 0.4) is 0 Å². The maximum Gasteiger partial charge on any atom is 0.0525 e. The number of nitrogens with zero attached hydrogens (tertiary/aromatic N) is 1. The highest BCUT2D eigenvalue weighted by Gasteiger charge is 2.19. The van der Waals surface area contributed by atoms with Gasteiger partial charge in [0.2, 0.25) is 0 Å². The van der Waals surface area contributed by atoms with Crippen LogP contribution in [0, 0.1) is 0 Å². The van der Waals surface area contributed by atoms with Crippen molar-refractivity contribution < 1.29 is 0 Å². The molecule has 0 saturated heterocycles. The molecule has 1 aromatic heterocycles. The Morgan fingerprint density at radius 2 is 2.05 bits per heavy atom. The fraction of sp³-hybridized carbons (Fsp3) is 0.176. The van der Waals surface area contributed by atoms with Gasteiger partial charge in [-0.15, -0.1) is 11.3 Å². The lowest BCUT2D eigenvalue weighted by Gasteiger charge is -2.28. The molecule has 3 rings (SSSR count). The van der Waals surface area contributed by atoms with Crippen LogP contribution < -0.4 is 0 Å². The molecule has 2 heterocycles. The summed E-state index contributed by atoms with van der Waals surface area (Å²) >= 11 is 1.90. The minimum atomic E-state index is 0.970. The number of rotatable bonds is 3. The Kier molecular flexibility index (Phi) is 3.26. The lowest BCUT2D eigenvalue weighted by atomic mass is 10.1. The van der Waals surface area contributed by atoms with E-state index in [0.717, 1.165) is 25.2 Å². The number of benzene rings is 1.